The molecule has 0 fully saturated rings. The van der Waals surface area contributed by atoms with Gasteiger partial charge in [-0.25, -0.2) is 0 Å². The predicted molar refractivity (Wildman–Crippen MR) is 184 cm³/mol. The summed E-state index contributed by atoms with van der Waals surface area (Å²) >= 11 is 0. The predicted octanol–water partition coefficient (Wildman–Crippen LogP) is 15.1. The summed E-state index contributed by atoms with van der Waals surface area (Å²) < 4.78 is 0. The number of hydrogen-bond donors (Lipinski definition) is 0. The average molecular weight is 541 g/mol. The van der Waals surface area contributed by atoms with Crippen LogP contribution < -0.4 is 0 Å². The van der Waals surface area contributed by atoms with Gasteiger partial charge < -0.3 is 0 Å². The van der Waals surface area contributed by atoms with Crippen LogP contribution in [0, 0.1) is 29.6 Å². The highest BCUT2D eigenvalue weighted by molar-refractivity contribution is 4.79. The van der Waals surface area contributed by atoms with Crippen molar-refractivity contribution in [3.05, 3.63) is 0 Å². The van der Waals surface area contributed by atoms with Crippen molar-refractivity contribution in [2.75, 3.05) is 0 Å². The molecule has 0 unspecified atom stereocenters. The summed E-state index contributed by atoms with van der Waals surface area (Å²) in [4.78, 5) is 0. The molecule has 0 N–H and O–H groups in total. The van der Waals surface area contributed by atoms with Gasteiger partial charge in [-0.15, -0.1) is 0 Å². The third-order valence-corrected chi connectivity index (χ3v) is 7.49. The molecule has 0 radical (unpaired) electrons. The zero-order valence-electron chi connectivity index (χ0n) is 30.0. The van der Waals surface area contributed by atoms with Gasteiger partial charge in [0.25, 0.3) is 0 Å². The number of rotatable bonds is 21. The molecule has 38 heavy (non-hydrogen) atoms. The van der Waals surface area contributed by atoms with Crippen LogP contribution in [0.3, 0.4) is 0 Å². The van der Waals surface area contributed by atoms with Crippen LogP contribution in [-0.2, 0) is 0 Å². The molecular weight excluding hydrogens is 456 g/mol. The lowest BCUT2D eigenvalue weighted by Gasteiger charge is -2.36. The van der Waals surface area contributed by atoms with Crippen molar-refractivity contribution >= 4 is 0 Å². The Morgan fingerprint density at radius 3 is 0.789 bits per heavy atom. The molecule has 0 amide bonds. The van der Waals surface area contributed by atoms with E-state index in [2.05, 4.69) is 90.0 Å². The molecule has 0 heteroatoms. The normalized spacial score (nSPS) is 10.9. The molecule has 0 aliphatic heterocycles. The Morgan fingerprint density at radius 1 is 0.342 bits per heavy atom. The first kappa shape index (κ1) is 45.0. The van der Waals surface area contributed by atoms with E-state index in [0.717, 1.165) is 29.6 Å². The first-order valence-corrected chi connectivity index (χ1v) is 18.2. The molecule has 0 aromatic rings. The Kier molecular flexibility index (Phi) is 46.4. The number of hydrogen-bond acceptors (Lipinski definition) is 0. The van der Waals surface area contributed by atoms with Gasteiger partial charge >= 0.3 is 0 Å². The van der Waals surface area contributed by atoms with E-state index in [0.29, 0.717) is 0 Å². The molecule has 0 aromatic carbocycles. The second-order valence-corrected chi connectivity index (χ2v) is 13.0. The van der Waals surface area contributed by atoms with Crippen molar-refractivity contribution in [2.45, 2.75) is 218 Å². The Balaban J connectivity index is -0.000000312. The van der Waals surface area contributed by atoms with Crippen molar-refractivity contribution in [2.24, 2.45) is 29.6 Å². The maximum atomic E-state index is 2.44. The summed E-state index contributed by atoms with van der Waals surface area (Å²) in [6, 6.07) is 0. The van der Waals surface area contributed by atoms with Crippen molar-refractivity contribution in [1.82, 2.24) is 0 Å². The topological polar surface area (TPSA) is 0 Å². The van der Waals surface area contributed by atoms with Gasteiger partial charge in [0.1, 0.15) is 0 Å². The lowest BCUT2D eigenvalue weighted by Crippen LogP contribution is -2.26. The van der Waals surface area contributed by atoms with Gasteiger partial charge in [0.15, 0.2) is 0 Å². The Labute approximate surface area is 247 Å². The van der Waals surface area contributed by atoms with Gasteiger partial charge in [0, 0.05) is 0 Å². The molecule has 0 nitrogen and oxygen atoms in total. The van der Waals surface area contributed by atoms with Crippen LogP contribution in [0.25, 0.3) is 0 Å². The Morgan fingerprint density at radius 2 is 0.632 bits per heavy atom. The summed E-state index contributed by atoms with van der Waals surface area (Å²) in [6.07, 6.45) is 28.1. The average Bonchev–Trinajstić information content (AvgIpc) is 2.88. The summed E-state index contributed by atoms with van der Waals surface area (Å²) in [5, 5.41) is 0. The Bertz CT molecular complexity index is 315. The second kappa shape index (κ2) is 39.1. The van der Waals surface area contributed by atoms with Crippen LogP contribution >= 0.6 is 0 Å². The summed E-state index contributed by atoms with van der Waals surface area (Å²) in [5.74, 6) is 4.74. The van der Waals surface area contributed by atoms with Crippen molar-refractivity contribution in [3.63, 3.8) is 0 Å². The first-order valence-electron chi connectivity index (χ1n) is 18.2. The zero-order chi connectivity index (χ0) is 30.0. The van der Waals surface area contributed by atoms with Gasteiger partial charge in [0.2, 0.25) is 0 Å². The smallest absolute Gasteiger partial charge is 0.0355 e. The molecule has 0 aliphatic carbocycles. The molecule has 0 atom stereocenters. The lowest BCUT2D eigenvalue weighted by atomic mass is 9.70. The highest BCUT2D eigenvalue weighted by Crippen LogP contribution is 2.39. The Hall–Kier alpha value is 0. The minimum Gasteiger partial charge on any atom is -0.0656 e. The van der Waals surface area contributed by atoms with Crippen molar-refractivity contribution < 1.29 is 0 Å². The van der Waals surface area contributed by atoms with E-state index in [4.69, 9.17) is 0 Å². The van der Waals surface area contributed by atoms with Gasteiger partial charge in [-0.1, -0.05) is 212 Å². The zero-order valence-corrected chi connectivity index (χ0v) is 30.0. The fraction of sp³-hybridized carbons (Fsp3) is 1.00. The lowest BCUT2D eigenvalue weighted by molar-refractivity contribution is 0.146. The minimum absolute atomic E-state index is 0.858. The molecule has 0 aliphatic rings. The van der Waals surface area contributed by atoms with Gasteiger partial charge in [-0.2, -0.15) is 0 Å². The van der Waals surface area contributed by atoms with Crippen LogP contribution in [0.1, 0.15) is 218 Å². The molecule has 0 heterocycles. The van der Waals surface area contributed by atoms with E-state index >= 15 is 0 Å². The molecule has 0 aromatic heterocycles. The SMILES string of the molecule is CCC.CCCC(C)C.CCCCC(CCCC)C(CC(C)C)C(CCCC)CCCC.CCCCCC. The molecule has 236 valence electrons. The van der Waals surface area contributed by atoms with E-state index in [9.17, 15) is 0 Å². The summed E-state index contributed by atoms with van der Waals surface area (Å²) in [7, 11) is 0. The first-order chi connectivity index (χ1) is 18.2. The maximum Gasteiger partial charge on any atom is -0.0355 e. The standard InChI is InChI=1S/C23H48.2C6H14.C3H8/c1-7-11-15-21(16-12-8-2)23(19-20(5)6)22(17-13-9-3)18-14-10-4;1-4-5-6(2)3;1-3-5-6-4-2;1-3-2/h20-23H,7-19H2,1-6H3;6H,4-5H2,1-3H3;3-6H2,1-2H3;3H2,1-2H3. The number of unbranched alkanes of at least 4 members (excludes halogenated alkanes) is 7. The fourth-order valence-corrected chi connectivity index (χ4v) is 5.40. The second-order valence-electron chi connectivity index (χ2n) is 13.0. The third kappa shape index (κ3) is 38.1. The summed E-state index contributed by atoms with van der Waals surface area (Å²) in [6.45, 7) is 29.8. The van der Waals surface area contributed by atoms with Crippen LogP contribution in [0.4, 0.5) is 0 Å². The monoisotopic (exact) mass is 541 g/mol. The van der Waals surface area contributed by atoms with E-state index in [1.165, 1.54) is 128 Å². The largest absolute Gasteiger partial charge is 0.0656 e. The quantitative estimate of drug-likeness (QED) is 0.127. The van der Waals surface area contributed by atoms with E-state index in [-0.39, 0.29) is 0 Å². The molecule has 0 spiro atoms. The van der Waals surface area contributed by atoms with Gasteiger partial charge in [-0.3, -0.25) is 0 Å². The van der Waals surface area contributed by atoms with E-state index < -0.39 is 0 Å². The van der Waals surface area contributed by atoms with Crippen LogP contribution in [-0.4, -0.2) is 0 Å². The fourth-order valence-electron chi connectivity index (χ4n) is 5.40. The van der Waals surface area contributed by atoms with E-state index in [1.807, 2.05) is 0 Å². The molecule has 0 bridgehead atoms. The van der Waals surface area contributed by atoms with Crippen LogP contribution in [0.15, 0.2) is 0 Å². The van der Waals surface area contributed by atoms with Crippen LogP contribution in [0.2, 0.25) is 0 Å². The molecule has 0 saturated heterocycles. The highest BCUT2D eigenvalue weighted by Gasteiger charge is 2.28. The maximum absolute atomic E-state index is 2.44. The van der Waals surface area contributed by atoms with Gasteiger partial charge in [0.05, 0.1) is 0 Å². The summed E-state index contributed by atoms with van der Waals surface area (Å²) in [5.41, 5.74) is 0. The third-order valence-electron chi connectivity index (χ3n) is 7.49. The molecule has 0 saturated carbocycles. The molecule has 0 rings (SSSR count). The van der Waals surface area contributed by atoms with Crippen LogP contribution in [0.5, 0.6) is 0 Å². The highest BCUT2D eigenvalue weighted by atomic mass is 14.3. The van der Waals surface area contributed by atoms with Gasteiger partial charge in [-0.05, 0) is 36.0 Å². The van der Waals surface area contributed by atoms with Crippen molar-refractivity contribution in [1.29, 1.82) is 0 Å². The molecular formula is C38H84. The minimum atomic E-state index is 0.858. The van der Waals surface area contributed by atoms with Crippen molar-refractivity contribution in [3.8, 4) is 0 Å². The van der Waals surface area contributed by atoms with E-state index in [1.54, 1.807) is 0 Å².